The van der Waals surface area contributed by atoms with Crippen LogP contribution in [0.5, 0.6) is 0 Å². The Balaban J connectivity index is 1.51. The Morgan fingerprint density at radius 3 is 1.77 bits per heavy atom. The van der Waals surface area contributed by atoms with Gasteiger partial charge in [-0.1, -0.05) is 54.6 Å². The van der Waals surface area contributed by atoms with E-state index in [-0.39, 0.29) is 0 Å². The summed E-state index contributed by atoms with van der Waals surface area (Å²) >= 11 is 1.86. The molecular formula is C32H26N2S. The van der Waals surface area contributed by atoms with Crippen molar-refractivity contribution in [2.24, 2.45) is 0 Å². The third kappa shape index (κ3) is 4.39. The Bertz CT molecular complexity index is 1610. The van der Waals surface area contributed by atoms with Gasteiger partial charge >= 0.3 is 0 Å². The molecule has 6 rings (SSSR count). The molecule has 0 atom stereocenters. The Labute approximate surface area is 209 Å². The number of rotatable bonds is 5. The molecule has 170 valence electrons. The van der Waals surface area contributed by atoms with Gasteiger partial charge in [0.15, 0.2) is 0 Å². The minimum Gasteiger partial charge on any atom is -0.355 e. The average Bonchev–Trinajstić information content (AvgIpc) is 3.23. The molecular weight excluding hydrogens is 444 g/mol. The Hall–Kier alpha value is -4.08. The summed E-state index contributed by atoms with van der Waals surface area (Å²) in [5, 5.41) is 9.90. The highest BCUT2D eigenvalue weighted by atomic mass is 32.1. The predicted octanol–water partition coefficient (Wildman–Crippen LogP) is 9.83. The van der Waals surface area contributed by atoms with Crippen molar-refractivity contribution in [3.63, 3.8) is 0 Å². The molecule has 0 saturated heterocycles. The van der Waals surface area contributed by atoms with Gasteiger partial charge in [-0.05, 0) is 90.7 Å². The van der Waals surface area contributed by atoms with E-state index in [2.05, 4.69) is 134 Å². The maximum absolute atomic E-state index is 3.63. The first-order chi connectivity index (χ1) is 17.1. The minimum atomic E-state index is 1.06. The molecule has 2 nitrogen and oxygen atoms in total. The number of hydrogen-bond donors (Lipinski definition) is 2. The zero-order valence-corrected chi connectivity index (χ0v) is 20.6. The molecule has 0 spiro atoms. The first-order valence-corrected chi connectivity index (χ1v) is 12.7. The van der Waals surface area contributed by atoms with Crippen LogP contribution >= 0.6 is 11.3 Å². The molecule has 0 fully saturated rings. The van der Waals surface area contributed by atoms with Crippen molar-refractivity contribution in [3.8, 4) is 11.1 Å². The van der Waals surface area contributed by atoms with E-state index in [9.17, 15) is 0 Å². The molecule has 0 aliphatic carbocycles. The lowest BCUT2D eigenvalue weighted by Gasteiger charge is -2.15. The number of thiophene rings is 1. The predicted molar refractivity (Wildman–Crippen MR) is 154 cm³/mol. The molecule has 0 aliphatic rings. The van der Waals surface area contributed by atoms with Gasteiger partial charge in [-0.3, -0.25) is 0 Å². The second-order valence-electron chi connectivity index (χ2n) is 9.06. The molecule has 35 heavy (non-hydrogen) atoms. The van der Waals surface area contributed by atoms with Crippen LogP contribution in [-0.4, -0.2) is 0 Å². The van der Waals surface area contributed by atoms with Gasteiger partial charge in [-0.25, -0.2) is 0 Å². The number of anilines is 4. The maximum atomic E-state index is 3.63. The Morgan fingerprint density at radius 1 is 0.514 bits per heavy atom. The number of aryl methyl sites for hydroxylation is 2. The van der Waals surface area contributed by atoms with E-state index in [0.29, 0.717) is 0 Å². The summed E-state index contributed by atoms with van der Waals surface area (Å²) < 4.78 is 2.64. The van der Waals surface area contributed by atoms with Gasteiger partial charge in [-0.15, -0.1) is 11.3 Å². The van der Waals surface area contributed by atoms with Crippen LogP contribution in [-0.2, 0) is 0 Å². The fourth-order valence-electron chi connectivity index (χ4n) is 4.72. The van der Waals surface area contributed by atoms with Gasteiger partial charge in [-0.2, -0.15) is 0 Å². The fourth-order valence-corrected chi connectivity index (χ4v) is 5.85. The van der Waals surface area contributed by atoms with Crippen molar-refractivity contribution in [2.75, 3.05) is 10.6 Å². The van der Waals surface area contributed by atoms with Crippen LogP contribution in [0.15, 0.2) is 109 Å². The lowest BCUT2D eigenvalue weighted by molar-refractivity contribution is 1.44. The summed E-state index contributed by atoms with van der Waals surface area (Å²) in [5.41, 5.74) is 9.19. The number of benzene rings is 5. The van der Waals surface area contributed by atoms with Gasteiger partial charge < -0.3 is 10.6 Å². The Kier molecular flexibility index (Phi) is 5.48. The summed E-state index contributed by atoms with van der Waals surface area (Å²) in [5.74, 6) is 0. The van der Waals surface area contributed by atoms with Crippen molar-refractivity contribution in [3.05, 3.63) is 120 Å². The molecule has 1 heterocycles. The van der Waals surface area contributed by atoms with Crippen LogP contribution in [0.25, 0.3) is 31.3 Å². The molecule has 2 N–H and O–H groups in total. The van der Waals surface area contributed by atoms with Crippen molar-refractivity contribution < 1.29 is 0 Å². The summed E-state index contributed by atoms with van der Waals surface area (Å²) in [6, 6.07) is 39.0. The standard InChI is InChI=1S/C32H26N2S/c1-21-8-5-10-24(16-21)33-26-18-23(19-27(20-26)34-25-11-6-9-22(2)17-25)28-13-7-15-31-32(28)29-12-3-4-14-30(29)35-31/h3-20,33-34H,1-2H3. The molecule has 5 aromatic carbocycles. The molecule has 1 aromatic heterocycles. The molecule has 3 heteroatoms. The molecule has 0 bridgehead atoms. The van der Waals surface area contributed by atoms with Crippen LogP contribution < -0.4 is 10.6 Å². The highest BCUT2D eigenvalue weighted by Crippen LogP contribution is 2.41. The topological polar surface area (TPSA) is 24.1 Å². The summed E-state index contributed by atoms with van der Waals surface area (Å²) in [6.45, 7) is 4.24. The molecule has 6 aromatic rings. The smallest absolute Gasteiger partial charge is 0.0411 e. The first kappa shape index (κ1) is 21.5. The largest absolute Gasteiger partial charge is 0.355 e. The monoisotopic (exact) mass is 470 g/mol. The average molecular weight is 471 g/mol. The molecule has 0 amide bonds. The zero-order chi connectivity index (χ0) is 23.8. The van der Waals surface area contributed by atoms with Gasteiger partial charge in [0.1, 0.15) is 0 Å². The maximum Gasteiger partial charge on any atom is 0.0411 e. The zero-order valence-electron chi connectivity index (χ0n) is 19.8. The van der Waals surface area contributed by atoms with Gasteiger partial charge in [0, 0.05) is 42.9 Å². The molecule has 0 aliphatic heterocycles. The second-order valence-corrected chi connectivity index (χ2v) is 10.1. The number of fused-ring (bicyclic) bond motifs is 3. The van der Waals surface area contributed by atoms with E-state index in [4.69, 9.17) is 0 Å². The van der Waals surface area contributed by atoms with Gasteiger partial charge in [0.05, 0.1) is 0 Å². The minimum absolute atomic E-state index is 1.06. The van der Waals surface area contributed by atoms with E-state index < -0.39 is 0 Å². The summed E-state index contributed by atoms with van der Waals surface area (Å²) in [6.07, 6.45) is 0. The van der Waals surface area contributed by atoms with Crippen molar-refractivity contribution in [2.45, 2.75) is 13.8 Å². The summed E-state index contributed by atoms with van der Waals surface area (Å²) in [7, 11) is 0. The molecule has 0 saturated carbocycles. The van der Waals surface area contributed by atoms with Crippen molar-refractivity contribution in [1.29, 1.82) is 0 Å². The van der Waals surface area contributed by atoms with E-state index >= 15 is 0 Å². The van der Waals surface area contributed by atoms with Crippen LogP contribution in [0, 0.1) is 13.8 Å². The van der Waals surface area contributed by atoms with E-state index in [1.807, 2.05) is 11.3 Å². The molecule has 0 unspecified atom stereocenters. The van der Waals surface area contributed by atoms with Gasteiger partial charge in [0.25, 0.3) is 0 Å². The summed E-state index contributed by atoms with van der Waals surface area (Å²) in [4.78, 5) is 0. The quantitative estimate of drug-likeness (QED) is 0.262. The van der Waals surface area contributed by atoms with E-state index in [1.54, 1.807) is 0 Å². The Morgan fingerprint density at radius 2 is 1.11 bits per heavy atom. The SMILES string of the molecule is Cc1cccc(Nc2cc(Nc3cccc(C)c3)cc(-c3cccc4sc5ccccc5c34)c2)c1. The van der Waals surface area contributed by atoms with Crippen LogP contribution in [0.3, 0.4) is 0 Å². The van der Waals surface area contributed by atoms with Gasteiger partial charge in [0.2, 0.25) is 0 Å². The van der Waals surface area contributed by atoms with Crippen molar-refractivity contribution in [1.82, 2.24) is 0 Å². The second kappa shape index (κ2) is 8.94. The van der Waals surface area contributed by atoms with Crippen LogP contribution in [0.1, 0.15) is 11.1 Å². The van der Waals surface area contributed by atoms with Crippen LogP contribution in [0.4, 0.5) is 22.7 Å². The normalized spacial score (nSPS) is 11.1. The van der Waals surface area contributed by atoms with Crippen LogP contribution in [0.2, 0.25) is 0 Å². The van der Waals surface area contributed by atoms with E-state index in [0.717, 1.165) is 22.7 Å². The highest BCUT2D eigenvalue weighted by molar-refractivity contribution is 7.25. The third-order valence-electron chi connectivity index (χ3n) is 6.26. The first-order valence-electron chi connectivity index (χ1n) is 11.9. The lowest BCUT2D eigenvalue weighted by atomic mass is 9.98. The number of nitrogens with one attached hydrogen (secondary N) is 2. The lowest BCUT2D eigenvalue weighted by Crippen LogP contribution is -1.96. The van der Waals surface area contributed by atoms with E-state index in [1.165, 1.54) is 42.4 Å². The third-order valence-corrected chi connectivity index (χ3v) is 7.40. The van der Waals surface area contributed by atoms with Crippen molar-refractivity contribution >= 4 is 54.3 Å². The highest BCUT2D eigenvalue weighted by Gasteiger charge is 2.12. The fraction of sp³-hybridized carbons (Fsp3) is 0.0625. The number of hydrogen-bond acceptors (Lipinski definition) is 3. The molecule has 0 radical (unpaired) electrons.